The highest BCUT2D eigenvalue weighted by Gasteiger charge is 2.37. The van der Waals surface area contributed by atoms with E-state index >= 15 is 0 Å². The van der Waals surface area contributed by atoms with Crippen LogP contribution >= 0.6 is 0 Å². The van der Waals surface area contributed by atoms with Crippen molar-refractivity contribution >= 4 is 17.6 Å². The fourth-order valence-electron chi connectivity index (χ4n) is 3.66. The van der Waals surface area contributed by atoms with Crippen LogP contribution in [-0.2, 0) is 16.0 Å². The molecule has 1 saturated heterocycles. The third-order valence-corrected chi connectivity index (χ3v) is 5.23. The summed E-state index contributed by atoms with van der Waals surface area (Å²) in [5, 5.41) is 0. The van der Waals surface area contributed by atoms with Gasteiger partial charge < -0.3 is 14.4 Å². The molecule has 1 aliphatic heterocycles. The van der Waals surface area contributed by atoms with Crippen molar-refractivity contribution in [2.24, 2.45) is 5.92 Å². The van der Waals surface area contributed by atoms with Crippen LogP contribution in [0.5, 0.6) is 11.5 Å². The number of benzene rings is 3. The highest BCUT2D eigenvalue weighted by atomic mass is 16.5. The number of para-hydroxylation sites is 2. The largest absolute Gasteiger partial charge is 0.495 e. The first kappa shape index (κ1) is 19.7. The first-order chi connectivity index (χ1) is 14.6. The summed E-state index contributed by atoms with van der Waals surface area (Å²) in [6, 6.07) is 25.0. The lowest BCUT2D eigenvalue weighted by molar-refractivity contribution is -0.139. The van der Waals surface area contributed by atoms with Crippen LogP contribution in [0, 0.1) is 5.92 Å². The zero-order chi connectivity index (χ0) is 20.9. The van der Waals surface area contributed by atoms with Gasteiger partial charge in [-0.1, -0.05) is 54.6 Å². The van der Waals surface area contributed by atoms with E-state index in [1.54, 1.807) is 30.2 Å². The number of hydrogen-bond donors (Lipinski definition) is 0. The van der Waals surface area contributed by atoms with Crippen LogP contribution in [0.25, 0.3) is 0 Å². The van der Waals surface area contributed by atoms with Gasteiger partial charge in [-0.25, -0.2) is 0 Å². The molecule has 0 saturated carbocycles. The van der Waals surface area contributed by atoms with E-state index in [0.29, 0.717) is 17.2 Å². The van der Waals surface area contributed by atoms with Crippen LogP contribution in [-0.4, -0.2) is 25.5 Å². The van der Waals surface area contributed by atoms with Gasteiger partial charge in [0.25, 0.3) is 0 Å². The van der Waals surface area contributed by atoms with Crippen molar-refractivity contribution in [3.05, 3.63) is 90.0 Å². The third-order valence-electron chi connectivity index (χ3n) is 5.23. The molecule has 3 aromatic rings. The van der Waals surface area contributed by atoms with Gasteiger partial charge in [0, 0.05) is 13.0 Å². The molecule has 3 aromatic carbocycles. The van der Waals surface area contributed by atoms with Gasteiger partial charge in [0.15, 0.2) is 0 Å². The molecule has 30 heavy (non-hydrogen) atoms. The third kappa shape index (κ3) is 4.35. The molecule has 1 amide bonds. The molecule has 1 aliphatic rings. The summed E-state index contributed by atoms with van der Waals surface area (Å²) in [4.78, 5) is 26.7. The molecule has 152 valence electrons. The van der Waals surface area contributed by atoms with Crippen LogP contribution in [0.4, 0.5) is 5.69 Å². The van der Waals surface area contributed by atoms with Crippen molar-refractivity contribution in [3.63, 3.8) is 0 Å². The van der Waals surface area contributed by atoms with Gasteiger partial charge in [0.2, 0.25) is 5.91 Å². The standard InChI is InChI=1S/C25H23NO4/c1-29-23-10-6-5-9-22(23)26-17-20(16-24(26)27)25(28)30-21-13-11-19(12-14-21)15-18-7-3-2-4-8-18/h2-14,20H,15-17H2,1H3/t20-/m0/s1. The maximum absolute atomic E-state index is 12.6. The van der Waals surface area contributed by atoms with Crippen LogP contribution in [0.15, 0.2) is 78.9 Å². The van der Waals surface area contributed by atoms with Crippen LogP contribution < -0.4 is 14.4 Å². The Balaban J connectivity index is 1.39. The van der Waals surface area contributed by atoms with E-state index in [-0.39, 0.29) is 18.9 Å². The Kier molecular flexibility index (Phi) is 5.80. The summed E-state index contributed by atoms with van der Waals surface area (Å²) in [6.07, 6.45) is 0.947. The summed E-state index contributed by atoms with van der Waals surface area (Å²) < 4.78 is 10.9. The Bertz CT molecular complexity index is 1030. The molecule has 1 fully saturated rings. The zero-order valence-electron chi connectivity index (χ0n) is 16.8. The smallest absolute Gasteiger partial charge is 0.316 e. The number of carbonyl (C=O) groups is 2. The minimum absolute atomic E-state index is 0.111. The lowest BCUT2D eigenvalue weighted by atomic mass is 10.1. The minimum atomic E-state index is -0.508. The second-order valence-corrected chi connectivity index (χ2v) is 7.30. The lowest BCUT2D eigenvalue weighted by Gasteiger charge is -2.19. The van der Waals surface area contributed by atoms with Crippen LogP contribution in [0.3, 0.4) is 0 Å². The number of hydrogen-bond acceptors (Lipinski definition) is 4. The van der Waals surface area contributed by atoms with Gasteiger partial charge in [-0.3, -0.25) is 9.59 Å². The maximum Gasteiger partial charge on any atom is 0.316 e. The molecule has 0 unspecified atom stereocenters. The molecule has 0 aromatic heterocycles. The average Bonchev–Trinajstić information content (AvgIpc) is 3.17. The Labute approximate surface area is 175 Å². The van der Waals surface area contributed by atoms with Gasteiger partial charge in [0.05, 0.1) is 18.7 Å². The molecule has 0 N–H and O–H groups in total. The van der Waals surface area contributed by atoms with Crippen LogP contribution in [0.2, 0.25) is 0 Å². The van der Waals surface area contributed by atoms with E-state index in [4.69, 9.17) is 9.47 Å². The number of anilines is 1. The van der Waals surface area contributed by atoms with E-state index < -0.39 is 11.9 Å². The SMILES string of the molecule is COc1ccccc1N1C[C@@H](C(=O)Oc2ccc(Cc3ccccc3)cc2)CC1=O. The number of carbonyl (C=O) groups excluding carboxylic acids is 2. The summed E-state index contributed by atoms with van der Waals surface area (Å²) in [6.45, 7) is 0.282. The maximum atomic E-state index is 12.6. The van der Waals surface area contributed by atoms with E-state index in [2.05, 4.69) is 12.1 Å². The topological polar surface area (TPSA) is 55.8 Å². The molecule has 0 aliphatic carbocycles. The molecule has 0 spiro atoms. The number of methoxy groups -OCH3 is 1. The van der Waals surface area contributed by atoms with Gasteiger partial charge in [-0.2, -0.15) is 0 Å². The summed E-state index contributed by atoms with van der Waals surface area (Å²) >= 11 is 0. The van der Waals surface area contributed by atoms with E-state index in [1.165, 1.54) is 5.56 Å². The molecule has 4 rings (SSSR count). The van der Waals surface area contributed by atoms with Crippen molar-refractivity contribution < 1.29 is 19.1 Å². The molecular weight excluding hydrogens is 378 g/mol. The van der Waals surface area contributed by atoms with E-state index in [9.17, 15) is 9.59 Å². The molecule has 5 nitrogen and oxygen atoms in total. The monoisotopic (exact) mass is 401 g/mol. The lowest BCUT2D eigenvalue weighted by Crippen LogP contribution is -2.27. The predicted molar refractivity (Wildman–Crippen MR) is 115 cm³/mol. The normalized spacial score (nSPS) is 15.8. The molecular formula is C25H23NO4. The number of amides is 1. The van der Waals surface area contributed by atoms with Crippen molar-refractivity contribution in [3.8, 4) is 11.5 Å². The van der Waals surface area contributed by atoms with E-state index in [0.717, 1.165) is 12.0 Å². The first-order valence-corrected chi connectivity index (χ1v) is 9.92. The Morgan fingerprint density at radius 1 is 0.933 bits per heavy atom. The zero-order valence-corrected chi connectivity index (χ0v) is 16.8. The highest BCUT2D eigenvalue weighted by Crippen LogP contribution is 2.33. The van der Waals surface area contributed by atoms with Crippen molar-refractivity contribution in [2.75, 3.05) is 18.6 Å². The van der Waals surface area contributed by atoms with Crippen molar-refractivity contribution in [1.82, 2.24) is 0 Å². The van der Waals surface area contributed by atoms with Gasteiger partial charge in [-0.05, 0) is 41.8 Å². The minimum Gasteiger partial charge on any atom is -0.495 e. The van der Waals surface area contributed by atoms with Gasteiger partial charge >= 0.3 is 5.97 Å². The number of nitrogens with zero attached hydrogens (tertiary/aromatic N) is 1. The molecule has 5 heteroatoms. The first-order valence-electron chi connectivity index (χ1n) is 9.92. The summed E-state index contributed by atoms with van der Waals surface area (Å²) in [5.74, 6) is 0.0801. The Hall–Kier alpha value is -3.60. The summed E-state index contributed by atoms with van der Waals surface area (Å²) in [7, 11) is 1.56. The number of esters is 1. The Morgan fingerprint density at radius 2 is 1.60 bits per heavy atom. The molecule has 0 bridgehead atoms. The summed E-state index contributed by atoms with van der Waals surface area (Å²) in [5.41, 5.74) is 3.04. The fraction of sp³-hybridized carbons (Fsp3) is 0.200. The van der Waals surface area contributed by atoms with Crippen molar-refractivity contribution in [1.29, 1.82) is 0 Å². The van der Waals surface area contributed by atoms with Crippen LogP contribution in [0.1, 0.15) is 17.5 Å². The molecule has 0 radical (unpaired) electrons. The average molecular weight is 401 g/mol. The van der Waals surface area contributed by atoms with Crippen molar-refractivity contribution in [2.45, 2.75) is 12.8 Å². The molecule has 1 atom stereocenters. The van der Waals surface area contributed by atoms with Gasteiger partial charge in [0.1, 0.15) is 11.5 Å². The second kappa shape index (κ2) is 8.82. The highest BCUT2D eigenvalue weighted by molar-refractivity contribution is 6.00. The number of ether oxygens (including phenoxy) is 2. The number of rotatable bonds is 6. The quantitative estimate of drug-likeness (QED) is 0.458. The predicted octanol–water partition coefficient (Wildman–Crippen LogP) is 4.24. The van der Waals surface area contributed by atoms with E-state index in [1.807, 2.05) is 48.5 Å². The Morgan fingerprint density at radius 3 is 2.33 bits per heavy atom. The fourth-order valence-corrected chi connectivity index (χ4v) is 3.66. The van der Waals surface area contributed by atoms with Gasteiger partial charge in [-0.15, -0.1) is 0 Å². The molecule has 1 heterocycles. The second-order valence-electron chi connectivity index (χ2n) is 7.30.